The average Bonchev–Trinajstić information content (AvgIpc) is 3.26. The van der Waals surface area contributed by atoms with Gasteiger partial charge < -0.3 is 9.31 Å². The van der Waals surface area contributed by atoms with E-state index in [2.05, 4.69) is 4.72 Å². The van der Waals surface area contributed by atoms with Gasteiger partial charge in [0.15, 0.2) is 0 Å². The van der Waals surface area contributed by atoms with Crippen molar-refractivity contribution in [1.29, 1.82) is 0 Å². The van der Waals surface area contributed by atoms with Crippen LogP contribution in [-0.4, -0.2) is 32.0 Å². The van der Waals surface area contributed by atoms with Crippen LogP contribution in [0.15, 0.2) is 18.2 Å². The maximum atomic E-state index is 13.6. The highest BCUT2D eigenvalue weighted by molar-refractivity contribution is 7.93. The van der Waals surface area contributed by atoms with E-state index in [0.717, 1.165) is 6.07 Å². The van der Waals surface area contributed by atoms with E-state index in [4.69, 9.17) is 9.31 Å². The number of hydrogen-bond donors (Lipinski definition) is 1. The molecule has 5 nitrogen and oxygen atoms in total. The lowest BCUT2D eigenvalue weighted by Crippen LogP contribution is -2.41. The molecular weight excluding hydrogens is 370 g/mol. The van der Waals surface area contributed by atoms with Gasteiger partial charge in [0.1, 0.15) is 0 Å². The molecule has 1 saturated heterocycles. The quantitative estimate of drug-likeness (QED) is 0.802. The summed E-state index contributed by atoms with van der Waals surface area (Å²) in [7, 11) is -4.84. The van der Waals surface area contributed by atoms with Crippen LogP contribution in [0.4, 0.5) is 18.9 Å². The average molecular weight is 391 g/mol. The smallest absolute Gasteiger partial charge is 0.399 e. The third kappa shape index (κ3) is 3.59. The van der Waals surface area contributed by atoms with Gasteiger partial charge in [0.05, 0.1) is 22.0 Å². The molecule has 26 heavy (non-hydrogen) atoms. The zero-order chi connectivity index (χ0) is 19.5. The molecule has 3 rings (SSSR count). The lowest BCUT2D eigenvalue weighted by Gasteiger charge is -2.32. The van der Waals surface area contributed by atoms with Gasteiger partial charge in [-0.3, -0.25) is 4.72 Å². The zero-order valence-corrected chi connectivity index (χ0v) is 15.8. The fourth-order valence-corrected chi connectivity index (χ4v) is 4.05. The van der Waals surface area contributed by atoms with Gasteiger partial charge in [0.2, 0.25) is 10.0 Å². The van der Waals surface area contributed by atoms with Crippen LogP contribution in [0.3, 0.4) is 0 Å². The predicted molar refractivity (Wildman–Crippen MR) is 92.7 cm³/mol. The minimum absolute atomic E-state index is 0.121. The van der Waals surface area contributed by atoms with Crippen LogP contribution >= 0.6 is 0 Å². The van der Waals surface area contributed by atoms with Crippen molar-refractivity contribution in [3.63, 3.8) is 0 Å². The second-order valence-corrected chi connectivity index (χ2v) is 9.70. The Hall–Kier alpha value is -1.26. The first-order chi connectivity index (χ1) is 11.7. The molecule has 0 unspecified atom stereocenters. The van der Waals surface area contributed by atoms with Crippen LogP contribution < -0.4 is 10.2 Å². The Morgan fingerprint density at radius 2 is 1.65 bits per heavy atom. The first-order valence-electron chi connectivity index (χ1n) is 8.31. The number of sulfonamides is 1. The van der Waals surface area contributed by atoms with Gasteiger partial charge in [0.25, 0.3) is 0 Å². The molecule has 1 saturated carbocycles. The van der Waals surface area contributed by atoms with E-state index in [1.54, 1.807) is 27.7 Å². The van der Waals surface area contributed by atoms with Crippen LogP contribution in [0.25, 0.3) is 0 Å². The molecule has 0 aromatic heterocycles. The monoisotopic (exact) mass is 391 g/mol. The molecule has 0 amide bonds. The summed E-state index contributed by atoms with van der Waals surface area (Å²) >= 11 is 0. The molecule has 1 N–H and O–H groups in total. The fourth-order valence-electron chi connectivity index (χ4n) is 2.67. The number of rotatable bonds is 4. The van der Waals surface area contributed by atoms with Crippen molar-refractivity contribution in [1.82, 2.24) is 0 Å². The summed E-state index contributed by atoms with van der Waals surface area (Å²) in [5.74, 6) is 0. The Kier molecular flexibility index (Phi) is 4.40. The first-order valence-corrected chi connectivity index (χ1v) is 9.86. The Bertz CT molecular complexity index is 803. The van der Waals surface area contributed by atoms with Crippen LogP contribution in [0.5, 0.6) is 0 Å². The van der Waals surface area contributed by atoms with Crippen molar-refractivity contribution in [3.05, 3.63) is 23.8 Å². The molecule has 10 heteroatoms. The summed E-state index contributed by atoms with van der Waals surface area (Å²) in [5.41, 5.74) is -2.85. The Morgan fingerprint density at radius 3 is 2.12 bits per heavy atom. The Balaban J connectivity index is 1.96. The molecule has 1 aromatic rings. The van der Waals surface area contributed by atoms with Gasteiger partial charge >= 0.3 is 13.3 Å². The molecule has 2 fully saturated rings. The molecule has 144 valence electrons. The molecule has 0 bridgehead atoms. The molecule has 1 heterocycles. The third-order valence-electron chi connectivity index (χ3n) is 5.09. The van der Waals surface area contributed by atoms with Gasteiger partial charge in [-0.1, -0.05) is 6.07 Å². The standard InChI is InChI=1S/C16H21BF3NO4S/c1-14(2)15(3,4)25-17(24-14)13-8-5-10(9-12(13)16(18,19)20)21-26(22,23)11-6-7-11/h5,8-9,11,21H,6-7H2,1-4H3. The lowest BCUT2D eigenvalue weighted by atomic mass is 9.75. The van der Waals surface area contributed by atoms with E-state index in [1.807, 2.05) is 0 Å². The topological polar surface area (TPSA) is 64.6 Å². The Labute approximate surface area is 151 Å². The van der Waals surface area contributed by atoms with E-state index in [-0.39, 0.29) is 11.2 Å². The number of nitrogens with one attached hydrogen (secondary N) is 1. The van der Waals surface area contributed by atoms with Gasteiger partial charge in [-0.25, -0.2) is 8.42 Å². The number of benzene rings is 1. The molecular formula is C16H21BF3NO4S. The van der Waals surface area contributed by atoms with E-state index in [1.165, 1.54) is 12.1 Å². The van der Waals surface area contributed by atoms with E-state index in [0.29, 0.717) is 12.8 Å². The van der Waals surface area contributed by atoms with E-state index >= 15 is 0 Å². The predicted octanol–water partition coefficient (Wildman–Crippen LogP) is 2.91. The van der Waals surface area contributed by atoms with Crippen molar-refractivity contribution in [2.45, 2.75) is 63.2 Å². The molecule has 2 aliphatic rings. The number of hydrogen-bond acceptors (Lipinski definition) is 4. The number of alkyl halides is 3. The Morgan fingerprint density at radius 1 is 1.12 bits per heavy atom. The van der Waals surface area contributed by atoms with Crippen molar-refractivity contribution >= 4 is 28.3 Å². The van der Waals surface area contributed by atoms with Crippen molar-refractivity contribution < 1.29 is 30.9 Å². The fraction of sp³-hybridized carbons (Fsp3) is 0.625. The number of anilines is 1. The molecule has 0 spiro atoms. The third-order valence-corrected chi connectivity index (χ3v) is 6.96. The largest absolute Gasteiger partial charge is 0.495 e. The van der Waals surface area contributed by atoms with Crippen molar-refractivity contribution in [3.8, 4) is 0 Å². The summed E-state index contributed by atoms with van der Waals surface area (Å²) in [5, 5.41) is -0.528. The zero-order valence-electron chi connectivity index (χ0n) is 15.0. The second-order valence-electron chi connectivity index (χ2n) is 7.73. The molecule has 1 aliphatic heterocycles. The SMILES string of the molecule is CC1(C)OB(c2ccc(NS(=O)(=O)C3CC3)cc2C(F)(F)F)OC1(C)C. The highest BCUT2D eigenvalue weighted by Gasteiger charge is 2.53. The second kappa shape index (κ2) is 5.87. The molecule has 0 radical (unpaired) electrons. The molecule has 0 atom stereocenters. The van der Waals surface area contributed by atoms with Crippen molar-refractivity contribution in [2.24, 2.45) is 0 Å². The lowest BCUT2D eigenvalue weighted by molar-refractivity contribution is -0.136. The number of halogens is 3. The summed E-state index contributed by atoms with van der Waals surface area (Å²) in [4.78, 5) is 0. The minimum Gasteiger partial charge on any atom is -0.399 e. The summed E-state index contributed by atoms with van der Waals surface area (Å²) in [6, 6.07) is 3.30. The van der Waals surface area contributed by atoms with E-state index < -0.39 is 45.3 Å². The first kappa shape index (κ1) is 19.5. The van der Waals surface area contributed by atoms with Gasteiger partial charge in [0, 0.05) is 5.69 Å². The highest BCUT2D eigenvalue weighted by atomic mass is 32.2. The highest BCUT2D eigenvalue weighted by Crippen LogP contribution is 2.39. The normalized spacial score (nSPS) is 22.5. The molecule has 1 aromatic carbocycles. The maximum Gasteiger partial charge on any atom is 0.495 e. The summed E-state index contributed by atoms with van der Waals surface area (Å²) in [6.45, 7) is 6.99. The van der Waals surface area contributed by atoms with Crippen LogP contribution in [0.1, 0.15) is 46.1 Å². The van der Waals surface area contributed by atoms with Crippen LogP contribution in [0.2, 0.25) is 0 Å². The minimum atomic E-state index is -4.68. The van der Waals surface area contributed by atoms with Crippen LogP contribution in [0, 0.1) is 0 Å². The van der Waals surface area contributed by atoms with Gasteiger partial charge in [-0.15, -0.1) is 0 Å². The van der Waals surface area contributed by atoms with Crippen molar-refractivity contribution in [2.75, 3.05) is 4.72 Å². The van der Waals surface area contributed by atoms with Gasteiger partial charge in [-0.2, -0.15) is 13.2 Å². The summed E-state index contributed by atoms with van der Waals surface area (Å²) < 4.78 is 78.4. The van der Waals surface area contributed by atoms with Crippen LogP contribution in [-0.2, 0) is 25.5 Å². The molecule has 1 aliphatic carbocycles. The summed E-state index contributed by atoms with van der Waals surface area (Å²) in [6.07, 6.45) is -3.64. The van der Waals surface area contributed by atoms with E-state index in [9.17, 15) is 21.6 Å². The maximum absolute atomic E-state index is 13.6. The van der Waals surface area contributed by atoms with Gasteiger partial charge in [-0.05, 0) is 58.1 Å².